The molecule has 0 aliphatic rings. The Morgan fingerprint density at radius 3 is 2.53 bits per heavy atom. The van der Waals surface area contributed by atoms with Crippen molar-refractivity contribution in [3.8, 4) is 0 Å². The predicted molar refractivity (Wildman–Crippen MR) is 63.6 cm³/mol. The largest absolute Gasteiger partial charge is 0.501 e. The highest BCUT2D eigenvalue weighted by atomic mass is 16.5. The molecule has 0 saturated heterocycles. The molecule has 0 saturated carbocycles. The van der Waals surface area contributed by atoms with Crippen LogP contribution in [-0.2, 0) is 9.47 Å². The summed E-state index contributed by atoms with van der Waals surface area (Å²) in [6.45, 7) is 6.58. The second-order valence-corrected chi connectivity index (χ2v) is 3.60. The smallest absolute Gasteiger partial charge is 0.0958 e. The van der Waals surface area contributed by atoms with Gasteiger partial charge in [-0.25, -0.2) is 0 Å². The molecule has 0 rings (SSSR count). The van der Waals surface area contributed by atoms with E-state index in [1.165, 1.54) is 0 Å². The molecule has 0 amide bonds. The minimum Gasteiger partial charge on any atom is -0.501 e. The number of allylic oxidation sites excluding steroid dienone is 2. The molecule has 0 aromatic heterocycles. The van der Waals surface area contributed by atoms with Gasteiger partial charge in [-0.1, -0.05) is 12.2 Å². The summed E-state index contributed by atoms with van der Waals surface area (Å²) >= 11 is 0. The van der Waals surface area contributed by atoms with Crippen LogP contribution in [0.1, 0.15) is 26.2 Å². The van der Waals surface area contributed by atoms with E-state index in [1.807, 2.05) is 13.0 Å². The Balaban J connectivity index is 4.05. The van der Waals surface area contributed by atoms with Crippen LogP contribution in [0, 0.1) is 0 Å². The normalized spacial score (nSPS) is 13.7. The van der Waals surface area contributed by atoms with Gasteiger partial charge in [0.1, 0.15) is 0 Å². The van der Waals surface area contributed by atoms with E-state index in [1.54, 1.807) is 14.2 Å². The van der Waals surface area contributed by atoms with Crippen LogP contribution in [0.3, 0.4) is 0 Å². The van der Waals surface area contributed by atoms with Crippen LogP contribution >= 0.6 is 0 Å². The van der Waals surface area contributed by atoms with Gasteiger partial charge in [-0.3, -0.25) is 0 Å². The summed E-state index contributed by atoms with van der Waals surface area (Å²) in [5.74, 6) is 0.942. The highest BCUT2D eigenvalue weighted by Gasteiger charge is 2.03. The summed E-state index contributed by atoms with van der Waals surface area (Å²) in [5, 5.41) is 0. The summed E-state index contributed by atoms with van der Waals surface area (Å²) in [5.41, 5.74) is 6.45. The lowest BCUT2D eigenvalue weighted by molar-refractivity contribution is 0.106. The molecule has 0 radical (unpaired) electrons. The quantitative estimate of drug-likeness (QED) is 0.497. The van der Waals surface area contributed by atoms with Gasteiger partial charge in [0.25, 0.3) is 0 Å². The van der Waals surface area contributed by atoms with E-state index in [4.69, 9.17) is 15.2 Å². The third-order valence-corrected chi connectivity index (χ3v) is 2.29. The van der Waals surface area contributed by atoms with Crippen molar-refractivity contribution in [3.05, 3.63) is 24.0 Å². The van der Waals surface area contributed by atoms with Gasteiger partial charge in [-0.2, -0.15) is 0 Å². The Morgan fingerprint density at radius 2 is 2.07 bits per heavy atom. The van der Waals surface area contributed by atoms with E-state index in [-0.39, 0.29) is 6.10 Å². The van der Waals surface area contributed by atoms with E-state index >= 15 is 0 Å². The molecule has 88 valence electrons. The minimum atomic E-state index is 0.256. The summed E-state index contributed by atoms with van der Waals surface area (Å²) in [6, 6.07) is 0. The highest BCUT2D eigenvalue weighted by Crippen LogP contribution is 2.13. The minimum absolute atomic E-state index is 0.256. The third-order valence-electron chi connectivity index (χ3n) is 2.29. The molecular weight excluding hydrogens is 190 g/mol. The van der Waals surface area contributed by atoms with Crippen molar-refractivity contribution in [2.75, 3.05) is 20.8 Å². The van der Waals surface area contributed by atoms with Crippen molar-refractivity contribution in [2.24, 2.45) is 5.73 Å². The molecular formula is C12H23NO2. The standard InChI is InChI=1S/C12H23NO2/c1-10(7-8-13)9-12(15-4)6-5-11(2)14-3/h9,11H,1,5-8,13H2,2-4H3/b12-9+. The maximum absolute atomic E-state index is 5.44. The first-order valence-corrected chi connectivity index (χ1v) is 5.29. The van der Waals surface area contributed by atoms with Crippen LogP contribution in [0.25, 0.3) is 0 Å². The molecule has 0 aromatic carbocycles. The molecule has 0 spiro atoms. The zero-order valence-corrected chi connectivity index (χ0v) is 10.1. The molecule has 1 unspecified atom stereocenters. The second kappa shape index (κ2) is 8.50. The van der Waals surface area contributed by atoms with Crippen molar-refractivity contribution >= 4 is 0 Å². The Labute approximate surface area is 92.9 Å². The van der Waals surface area contributed by atoms with E-state index in [0.29, 0.717) is 6.54 Å². The van der Waals surface area contributed by atoms with Crippen molar-refractivity contribution in [3.63, 3.8) is 0 Å². The lowest BCUT2D eigenvalue weighted by atomic mass is 10.1. The molecule has 0 heterocycles. The van der Waals surface area contributed by atoms with Crippen LogP contribution in [0.4, 0.5) is 0 Å². The Kier molecular flexibility index (Phi) is 8.05. The maximum atomic E-state index is 5.44. The molecule has 3 heteroatoms. The van der Waals surface area contributed by atoms with Gasteiger partial charge in [-0.05, 0) is 32.4 Å². The van der Waals surface area contributed by atoms with Gasteiger partial charge >= 0.3 is 0 Å². The molecule has 0 bridgehead atoms. The highest BCUT2D eigenvalue weighted by molar-refractivity contribution is 5.17. The Morgan fingerprint density at radius 1 is 1.40 bits per heavy atom. The fraction of sp³-hybridized carbons (Fsp3) is 0.667. The second-order valence-electron chi connectivity index (χ2n) is 3.60. The van der Waals surface area contributed by atoms with Gasteiger partial charge in [0.15, 0.2) is 0 Å². The van der Waals surface area contributed by atoms with Crippen LogP contribution < -0.4 is 5.73 Å². The van der Waals surface area contributed by atoms with Crippen LogP contribution in [0.15, 0.2) is 24.0 Å². The monoisotopic (exact) mass is 213 g/mol. The van der Waals surface area contributed by atoms with Gasteiger partial charge < -0.3 is 15.2 Å². The third kappa shape index (κ3) is 7.17. The van der Waals surface area contributed by atoms with Crippen LogP contribution in [0.2, 0.25) is 0 Å². The van der Waals surface area contributed by atoms with Crippen LogP contribution in [-0.4, -0.2) is 26.9 Å². The first-order chi connectivity index (χ1) is 7.13. The lowest BCUT2D eigenvalue weighted by Crippen LogP contribution is -2.05. The van der Waals surface area contributed by atoms with Crippen LogP contribution in [0.5, 0.6) is 0 Å². The topological polar surface area (TPSA) is 44.5 Å². The van der Waals surface area contributed by atoms with Crippen molar-refractivity contribution in [1.29, 1.82) is 0 Å². The van der Waals surface area contributed by atoms with Gasteiger partial charge in [-0.15, -0.1) is 0 Å². The average Bonchev–Trinajstić information content (AvgIpc) is 2.23. The van der Waals surface area contributed by atoms with Gasteiger partial charge in [0.2, 0.25) is 0 Å². The fourth-order valence-electron chi connectivity index (χ4n) is 1.18. The van der Waals surface area contributed by atoms with Gasteiger partial charge in [0.05, 0.1) is 19.0 Å². The first kappa shape index (κ1) is 14.2. The first-order valence-electron chi connectivity index (χ1n) is 5.29. The average molecular weight is 213 g/mol. The van der Waals surface area contributed by atoms with E-state index < -0.39 is 0 Å². The van der Waals surface area contributed by atoms with E-state index in [9.17, 15) is 0 Å². The number of rotatable bonds is 8. The molecule has 2 N–H and O–H groups in total. The molecule has 0 aliphatic carbocycles. The van der Waals surface area contributed by atoms with Crippen molar-refractivity contribution < 1.29 is 9.47 Å². The zero-order chi connectivity index (χ0) is 11.7. The van der Waals surface area contributed by atoms with Gasteiger partial charge in [0, 0.05) is 13.5 Å². The molecule has 0 aliphatic heterocycles. The Hall–Kier alpha value is -0.800. The molecule has 3 nitrogen and oxygen atoms in total. The number of methoxy groups -OCH3 is 2. The number of hydrogen-bond donors (Lipinski definition) is 1. The summed E-state index contributed by atoms with van der Waals surface area (Å²) in [6.07, 6.45) is 4.86. The van der Waals surface area contributed by atoms with Crippen molar-refractivity contribution in [2.45, 2.75) is 32.3 Å². The van der Waals surface area contributed by atoms with E-state index in [0.717, 1.165) is 30.6 Å². The van der Waals surface area contributed by atoms with Crippen molar-refractivity contribution in [1.82, 2.24) is 0 Å². The Bertz CT molecular complexity index is 212. The molecule has 0 aromatic rings. The molecule has 15 heavy (non-hydrogen) atoms. The lowest BCUT2D eigenvalue weighted by Gasteiger charge is -2.11. The number of nitrogens with two attached hydrogens (primary N) is 1. The predicted octanol–water partition coefficient (Wildman–Crippen LogP) is 2.24. The van der Waals surface area contributed by atoms with E-state index in [2.05, 4.69) is 6.58 Å². The summed E-state index contributed by atoms with van der Waals surface area (Å²) < 4.78 is 10.4. The SMILES string of the molecule is C=C(/C=C(\CCC(C)OC)OC)CCN. The zero-order valence-electron chi connectivity index (χ0n) is 10.1. The number of ether oxygens (including phenoxy) is 2. The molecule has 1 atom stereocenters. The summed E-state index contributed by atoms with van der Waals surface area (Å²) in [7, 11) is 3.40. The summed E-state index contributed by atoms with van der Waals surface area (Å²) in [4.78, 5) is 0. The molecule has 0 fully saturated rings. The maximum Gasteiger partial charge on any atom is 0.0958 e. The fourth-order valence-corrected chi connectivity index (χ4v) is 1.18. The number of hydrogen-bond acceptors (Lipinski definition) is 3.